The van der Waals surface area contributed by atoms with Gasteiger partial charge in [0.15, 0.2) is 0 Å². The Kier molecular flexibility index (Phi) is 4.39. The molecular formula is C11H22N2O. The van der Waals surface area contributed by atoms with Crippen LogP contribution < -0.4 is 11.1 Å². The van der Waals surface area contributed by atoms with Crippen LogP contribution in [0.4, 0.5) is 0 Å². The van der Waals surface area contributed by atoms with Crippen LogP contribution in [0.3, 0.4) is 0 Å². The largest absolute Gasteiger partial charge is 0.353 e. The third-order valence-corrected chi connectivity index (χ3v) is 2.97. The molecule has 82 valence electrons. The molecule has 0 saturated heterocycles. The fourth-order valence-electron chi connectivity index (χ4n) is 2.09. The molecule has 1 saturated carbocycles. The minimum Gasteiger partial charge on any atom is -0.353 e. The Hall–Kier alpha value is -0.570. The highest BCUT2D eigenvalue weighted by atomic mass is 16.1. The normalized spacial score (nSPS) is 29.6. The van der Waals surface area contributed by atoms with Gasteiger partial charge >= 0.3 is 0 Å². The van der Waals surface area contributed by atoms with E-state index in [9.17, 15) is 4.79 Å². The van der Waals surface area contributed by atoms with Gasteiger partial charge in [-0.2, -0.15) is 0 Å². The van der Waals surface area contributed by atoms with Gasteiger partial charge in [0.1, 0.15) is 0 Å². The summed E-state index contributed by atoms with van der Waals surface area (Å²) in [5, 5.41) is 3.08. The second-order valence-corrected chi connectivity index (χ2v) is 4.62. The van der Waals surface area contributed by atoms with Crippen LogP contribution in [-0.4, -0.2) is 18.0 Å². The molecule has 3 unspecified atom stereocenters. The molecule has 0 heterocycles. The zero-order valence-corrected chi connectivity index (χ0v) is 9.25. The van der Waals surface area contributed by atoms with Gasteiger partial charge in [-0.15, -0.1) is 0 Å². The van der Waals surface area contributed by atoms with Crippen molar-refractivity contribution in [2.24, 2.45) is 11.7 Å². The lowest BCUT2D eigenvalue weighted by molar-refractivity contribution is -0.122. The van der Waals surface area contributed by atoms with Crippen molar-refractivity contribution in [1.82, 2.24) is 5.32 Å². The third kappa shape index (κ3) is 3.66. The Labute approximate surface area is 86.4 Å². The third-order valence-electron chi connectivity index (χ3n) is 2.97. The van der Waals surface area contributed by atoms with Crippen LogP contribution in [-0.2, 0) is 4.79 Å². The topological polar surface area (TPSA) is 55.1 Å². The van der Waals surface area contributed by atoms with Crippen LogP contribution in [0.5, 0.6) is 0 Å². The maximum atomic E-state index is 11.5. The summed E-state index contributed by atoms with van der Waals surface area (Å²) in [7, 11) is 0. The van der Waals surface area contributed by atoms with E-state index in [1.807, 2.05) is 6.92 Å². The predicted octanol–water partition coefficient (Wildman–Crippen LogP) is 1.42. The quantitative estimate of drug-likeness (QED) is 0.720. The van der Waals surface area contributed by atoms with E-state index in [1.165, 1.54) is 19.3 Å². The monoisotopic (exact) mass is 198 g/mol. The molecular weight excluding hydrogens is 176 g/mol. The number of carbonyl (C=O) groups is 1. The second-order valence-electron chi connectivity index (χ2n) is 4.62. The van der Waals surface area contributed by atoms with Crippen molar-refractivity contribution in [2.75, 3.05) is 0 Å². The molecule has 0 aromatic carbocycles. The Balaban J connectivity index is 2.31. The van der Waals surface area contributed by atoms with Crippen molar-refractivity contribution < 1.29 is 4.79 Å². The van der Waals surface area contributed by atoms with Crippen molar-refractivity contribution in [2.45, 2.75) is 58.0 Å². The molecule has 1 amide bonds. The summed E-state index contributed by atoms with van der Waals surface area (Å²) in [4.78, 5) is 11.5. The first-order valence-electron chi connectivity index (χ1n) is 5.64. The summed E-state index contributed by atoms with van der Waals surface area (Å²) in [6.45, 7) is 4.08. The van der Waals surface area contributed by atoms with E-state index in [4.69, 9.17) is 5.73 Å². The number of rotatable bonds is 3. The standard InChI is InChI=1S/C11H22N2O/c1-8-5-3-4-6-10(8)13-11(14)7-9(2)12/h8-10H,3-7,12H2,1-2H3,(H,13,14). The molecule has 0 aromatic heterocycles. The highest BCUT2D eigenvalue weighted by Crippen LogP contribution is 2.23. The van der Waals surface area contributed by atoms with Crippen LogP contribution in [0.1, 0.15) is 46.0 Å². The molecule has 1 aliphatic rings. The molecule has 3 atom stereocenters. The van der Waals surface area contributed by atoms with E-state index < -0.39 is 0 Å². The van der Waals surface area contributed by atoms with E-state index in [-0.39, 0.29) is 11.9 Å². The summed E-state index contributed by atoms with van der Waals surface area (Å²) in [5.41, 5.74) is 5.57. The van der Waals surface area contributed by atoms with Crippen molar-refractivity contribution in [3.8, 4) is 0 Å². The average Bonchev–Trinajstić information content (AvgIpc) is 2.07. The summed E-state index contributed by atoms with van der Waals surface area (Å²) in [6.07, 6.45) is 5.37. The molecule has 0 bridgehead atoms. The van der Waals surface area contributed by atoms with Crippen LogP contribution in [0.25, 0.3) is 0 Å². The fraction of sp³-hybridized carbons (Fsp3) is 0.909. The zero-order chi connectivity index (χ0) is 10.6. The van der Waals surface area contributed by atoms with E-state index in [0.717, 1.165) is 6.42 Å². The van der Waals surface area contributed by atoms with Gasteiger partial charge in [0.25, 0.3) is 0 Å². The maximum absolute atomic E-state index is 11.5. The van der Waals surface area contributed by atoms with Gasteiger partial charge < -0.3 is 11.1 Å². The van der Waals surface area contributed by atoms with Gasteiger partial charge in [-0.3, -0.25) is 4.79 Å². The molecule has 0 radical (unpaired) electrons. The fourth-order valence-corrected chi connectivity index (χ4v) is 2.09. The summed E-state index contributed by atoms with van der Waals surface area (Å²) in [6, 6.07) is 0.351. The van der Waals surface area contributed by atoms with Crippen LogP contribution >= 0.6 is 0 Å². The van der Waals surface area contributed by atoms with Crippen molar-refractivity contribution in [1.29, 1.82) is 0 Å². The highest BCUT2D eigenvalue weighted by molar-refractivity contribution is 5.76. The van der Waals surface area contributed by atoms with Crippen LogP contribution in [0.2, 0.25) is 0 Å². The molecule has 0 aromatic rings. The Morgan fingerprint density at radius 1 is 1.50 bits per heavy atom. The Morgan fingerprint density at radius 2 is 2.14 bits per heavy atom. The minimum absolute atomic E-state index is 0.0334. The Morgan fingerprint density at radius 3 is 2.71 bits per heavy atom. The van der Waals surface area contributed by atoms with Gasteiger partial charge in [0, 0.05) is 18.5 Å². The second kappa shape index (κ2) is 5.35. The smallest absolute Gasteiger partial charge is 0.221 e. The van der Waals surface area contributed by atoms with E-state index >= 15 is 0 Å². The van der Waals surface area contributed by atoms with Gasteiger partial charge in [0.05, 0.1) is 0 Å². The lowest BCUT2D eigenvalue weighted by Gasteiger charge is -2.29. The molecule has 3 nitrogen and oxygen atoms in total. The van der Waals surface area contributed by atoms with E-state index in [2.05, 4.69) is 12.2 Å². The first-order chi connectivity index (χ1) is 6.59. The lowest BCUT2D eigenvalue weighted by Crippen LogP contribution is -2.42. The molecule has 3 heteroatoms. The molecule has 0 aliphatic heterocycles. The van der Waals surface area contributed by atoms with Gasteiger partial charge in [-0.25, -0.2) is 0 Å². The Bertz CT molecular complexity index is 192. The number of nitrogens with two attached hydrogens (primary N) is 1. The molecule has 1 aliphatic carbocycles. The molecule has 14 heavy (non-hydrogen) atoms. The number of nitrogens with one attached hydrogen (secondary N) is 1. The lowest BCUT2D eigenvalue weighted by atomic mass is 9.86. The van der Waals surface area contributed by atoms with Crippen molar-refractivity contribution in [3.63, 3.8) is 0 Å². The van der Waals surface area contributed by atoms with Gasteiger partial charge in [0.2, 0.25) is 5.91 Å². The van der Waals surface area contributed by atoms with Gasteiger partial charge in [-0.05, 0) is 25.7 Å². The molecule has 1 fully saturated rings. The van der Waals surface area contributed by atoms with Gasteiger partial charge in [-0.1, -0.05) is 19.8 Å². The summed E-state index contributed by atoms with van der Waals surface area (Å²) in [5.74, 6) is 0.736. The zero-order valence-electron chi connectivity index (χ0n) is 9.25. The first kappa shape index (κ1) is 11.5. The number of hydrogen-bond acceptors (Lipinski definition) is 2. The van der Waals surface area contributed by atoms with Crippen LogP contribution in [0.15, 0.2) is 0 Å². The maximum Gasteiger partial charge on any atom is 0.221 e. The van der Waals surface area contributed by atoms with E-state index in [1.54, 1.807) is 0 Å². The SMILES string of the molecule is CC(N)CC(=O)NC1CCCCC1C. The van der Waals surface area contributed by atoms with Crippen molar-refractivity contribution in [3.05, 3.63) is 0 Å². The molecule has 0 spiro atoms. The number of hydrogen-bond donors (Lipinski definition) is 2. The number of carbonyl (C=O) groups excluding carboxylic acids is 1. The summed E-state index contributed by atoms with van der Waals surface area (Å²) < 4.78 is 0. The average molecular weight is 198 g/mol. The highest BCUT2D eigenvalue weighted by Gasteiger charge is 2.22. The molecule has 3 N–H and O–H groups in total. The minimum atomic E-state index is -0.0334. The summed E-state index contributed by atoms with van der Waals surface area (Å²) >= 11 is 0. The first-order valence-corrected chi connectivity index (χ1v) is 5.64. The van der Waals surface area contributed by atoms with Crippen molar-refractivity contribution >= 4 is 5.91 Å². The predicted molar refractivity (Wildman–Crippen MR) is 57.8 cm³/mol. The van der Waals surface area contributed by atoms with Crippen LogP contribution in [0, 0.1) is 5.92 Å². The van der Waals surface area contributed by atoms with E-state index in [0.29, 0.717) is 18.4 Å². The molecule has 1 rings (SSSR count). The number of amides is 1.